The Morgan fingerprint density at radius 2 is 1.57 bits per heavy atom. The summed E-state index contributed by atoms with van der Waals surface area (Å²) in [6, 6.07) is 7.68. The molecule has 0 fully saturated rings. The van der Waals surface area contributed by atoms with E-state index in [9.17, 15) is 14.7 Å². The van der Waals surface area contributed by atoms with Crippen molar-refractivity contribution in [2.75, 3.05) is 28.4 Å². The van der Waals surface area contributed by atoms with Crippen LogP contribution < -0.4 is 24.4 Å². The van der Waals surface area contributed by atoms with E-state index in [1.807, 2.05) is 0 Å². The Morgan fingerprint density at radius 1 is 0.929 bits per heavy atom. The lowest BCUT2D eigenvalue weighted by Gasteiger charge is -2.12. The first-order chi connectivity index (χ1) is 13.5. The molecule has 0 aliphatic rings. The maximum atomic E-state index is 12.3. The Morgan fingerprint density at radius 3 is 2.14 bits per heavy atom. The molecule has 0 spiro atoms. The van der Waals surface area contributed by atoms with Gasteiger partial charge in [0.25, 0.3) is 5.91 Å². The fourth-order valence-corrected chi connectivity index (χ4v) is 2.47. The van der Waals surface area contributed by atoms with E-state index in [0.717, 1.165) is 0 Å². The van der Waals surface area contributed by atoms with E-state index >= 15 is 0 Å². The average molecular weight is 388 g/mol. The van der Waals surface area contributed by atoms with Gasteiger partial charge >= 0.3 is 5.97 Å². The van der Waals surface area contributed by atoms with Crippen molar-refractivity contribution in [3.8, 4) is 23.0 Å². The van der Waals surface area contributed by atoms with Crippen LogP contribution >= 0.6 is 0 Å². The van der Waals surface area contributed by atoms with Gasteiger partial charge in [0.1, 0.15) is 5.56 Å². The zero-order valence-corrected chi connectivity index (χ0v) is 15.8. The number of carbonyl (C=O) groups is 2. The second-order valence-electron chi connectivity index (χ2n) is 5.34. The van der Waals surface area contributed by atoms with Crippen LogP contribution in [0.5, 0.6) is 23.0 Å². The quantitative estimate of drug-likeness (QED) is 0.526. The Labute approximate surface area is 161 Å². The number of carbonyl (C=O) groups excluding carboxylic acids is 1. The van der Waals surface area contributed by atoms with Crippen LogP contribution in [0.4, 0.5) is 0 Å². The molecule has 0 aromatic heterocycles. The first-order valence-electron chi connectivity index (χ1n) is 8.00. The highest BCUT2D eigenvalue weighted by Crippen LogP contribution is 2.33. The zero-order valence-electron chi connectivity index (χ0n) is 15.8. The van der Waals surface area contributed by atoms with Crippen molar-refractivity contribution in [3.63, 3.8) is 0 Å². The molecular weight excluding hydrogens is 368 g/mol. The van der Waals surface area contributed by atoms with Crippen LogP contribution in [0, 0.1) is 0 Å². The molecule has 0 unspecified atom stereocenters. The molecule has 0 saturated heterocycles. The Bertz CT molecular complexity index is 909. The zero-order chi connectivity index (χ0) is 20.7. The van der Waals surface area contributed by atoms with Crippen molar-refractivity contribution in [1.82, 2.24) is 5.43 Å². The van der Waals surface area contributed by atoms with Crippen LogP contribution in [0.1, 0.15) is 26.3 Å². The highest BCUT2D eigenvalue weighted by Gasteiger charge is 2.20. The van der Waals surface area contributed by atoms with Crippen LogP contribution in [0.2, 0.25) is 0 Å². The van der Waals surface area contributed by atoms with Gasteiger partial charge in [-0.1, -0.05) is 0 Å². The van der Waals surface area contributed by atoms with Gasteiger partial charge < -0.3 is 24.1 Å². The van der Waals surface area contributed by atoms with Crippen molar-refractivity contribution < 1.29 is 33.6 Å². The number of carboxylic acids is 1. The molecule has 9 nitrogen and oxygen atoms in total. The summed E-state index contributed by atoms with van der Waals surface area (Å²) in [5.41, 5.74) is 2.73. The number of rotatable bonds is 8. The lowest BCUT2D eigenvalue weighted by molar-refractivity contribution is 0.0692. The van der Waals surface area contributed by atoms with Crippen molar-refractivity contribution >= 4 is 18.1 Å². The van der Waals surface area contributed by atoms with Crippen LogP contribution in [-0.4, -0.2) is 51.6 Å². The third-order valence-corrected chi connectivity index (χ3v) is 3.81. The Balaban J connectivity index is 2.25. The molecule has 0 atom stereocenters. The topological polar surface area (TPSA) is 116 Å². The summed E-state index contributed by atoms with van der Waals surface area (Å²) in [4.78, 5) is 23.9. The maximum absolute atomic E-state index is 12.3. The predicted molar refractivity (Wildman–Crippen MR) is 101 cm³/mol. The van der Waals surface area contributed by atoms with E-state index in [4.69, 9.17) is 18.9 Å². The monoisotopic (exact) mass is 388 g/mol. The summed E-state index contributed by atoms with van der Waals surface area (Å²) >= 11 is 0. The average Bonchev–Trinajstić information content (AvgIpc) is 2.72. The molecule has 0 aliphatic carbocycles. The van der Waals surface area contributed by atoms with Crippen LogP contribution in [0.25, 0.3) is 0 Å². The largest absolute Gasteiger partial charge is 0.493 e. The van der Waals surface area contributed by atoms with E-state index < -0.39 is 11.9 Å². The minimum Gasteiger partial charge on any atom is -0.493 e. The molecule has 0 radical (unpaired) electrons. The van der Waals surface area contributed by atoms with Crippen molar-refractivity contribution in [2.24, 2.45) is 5.10 Å². The molecule has 28 heavy (non-hydrogen) atoms. The molecular formula is C19H20N2O7. The molecule has 2 rings (SSSR count). The number of hydrogen-bond donors (Lipinski definition) is 2. The van der Waals surface area contributed by atoms with E-state index in [-0.39, 0.29) is 22.6 Å². The number of benzene rings is 2. The number of hydrazone groups is 1. The van der Waals surface area contributed by atoms with E-state index in [2.05, 4.69) is 10.5 Å². The number of amides is 1. The first kappa shape index (κ1) is 20.6. The van der Waals surface area contributed by atoms with E-state index in [1.54, 1.807) is 18.2 Å². The highest BCUT2D eigenvalue weighted by molar-refractivity contribution is 6.02. The standard InChI is InChI=1S/C19H20N2O7/c1-25-13-7-5-11(9-15(13)27-3)18(22)21-20-10-12-6-8-14(26-2)17(28-4)16(12)19(23)24/h5-10H,1-4H3,(H,21,22)(H,23,24)/b20-10-. The molecule has 9 heteroatoms. The lowest BCUT2D eigenvalue weighted by atomic mass is 10.1. The Hall–Kier alpha value is -3.75. The van der Waals surface area contributed by atoms with E-state index in [1.165, 1.54) is 46.8 Å². The van der Waals surface area contributed by atoms with Gasteiger partial charge in [-0.2, -0.15) is 5.10 Å². The molecule has 148 valence electrons. The lowest BCUT2D eigenvalue weighted by Crippen LogP contribution is -2.18. The summed E-state index contributed by atoms with van der Waals surface area (Å²) < 4.78 is 20.5. The van der Waals surface area contributed by atoms with Gasteiger partial charge in [0.05, 0.1) is 34.7 Å². The van der Waals surface area contributed by atoms with Gasteiger partial charge in [0.15, 0.2) is 23.0 Å². The van der Waals surface area contributed by atoms with Gasteiger partial charge in [0.2, 0.25) is 0 Å². The third kappa shape index (κ3) is 4.32. The molecule has 2 aromatic rings. The number of nitrogens with zero attached hydrogens (tertiary/aromatic N) is 1. The van der Waals surface area contributed by atoms with Gasteiger partial charge in [0, 0.05) is 11.1 Å². The molecule has 1 amide bonds. The number of ether oxygens (including phenoxy) is 4. The summed E-state index contributed by atoms with van der Waals surface area (Å²) in [6.45, 7) is 0. The number of carboxylic acid groups (broad SMARTS) is 1. The Kier molecular flexibility index (Phi) is 6.80. The fraction of sp³-hybridized carbons (Fsp3) is 0.211. The number of aromatic carboxylic acids is 1. The molecule has 0 saturated carbocycles. The van der Waals surface area contributed by atoms with Crippen LogP contribution in [0.15, 0.2) is 35.4 Å². The SMILES string of the molecule is COc1ccc(C(=O)N/N=C\c2ccc(OC)c(OC)c2C(=O)O)cc1OC. The maximum Gasteiger partial charge on any atom is 0.340 e. The normalized spacial score (nSPS) is 10.4. The minimum atomic E-state index is -1.22. The molecule has 0 heterocycles. The van der Waals surface area contributed by atoms with E-state index in [0.29, 0.717) is 17.1 Å². The molecule has 2 N–H and O–H groups in total. The third-order valence-electron chi connectivity index (χ3n) is 3.81. The van der Waals surface area contributed by atoms with Gasteiger partial charge in [-0.3, -0.25) is 4.79 Å². The number of nitrogens with one attached hydrogen (secondary N) is 1. The van der Waals surface area contributed by atoms with Crippen LogP contribution in [-0.2, 0) is 0 Å². The molecule has 0 aliphatic heterocycles. The highest BCUT2D eigenvalue weighted by atomic mass is 16.5. The fourth-order valence-electron chi connectivity index (χ4n) is 2.47. The first-order valence-corrected chi connectivity index (χ1v) is 8.00. The minimum absolute atomic E-state index is 0.0603. The summed E-state index contributed by atoms with van der Waals surface area (Å²) in [6.07, 6.45) is 1.21. The summed E-state index contributed by atoms with van der Waals surface area (Å²) in [7, 11) is 5.69. The van der Waals surface area contributed by atoms with Gasteiger partial charge in [-0.25, -0.2) is 10.2 Å². The number of hydrogen-bond acceptors (Lipinski definition) is 7. The molecule has 2 aromatic carbocycles. The van der Waals surface area contributed by atoms with Gasteiger partial charge in [-0.15, -0.1) is 0 Å². The summed E-state index contributed by atoms with van der Waals surface area (Å²) in [5, 5.41) is 13.3. The van der Waals surface area contributed by atoms with Crippen molar-refractivity contribution in [3.05, 3.63) is 47.0 Å². The smallest absolute Gasteiger partial charge is 0.340 e. The van der Waals surface area contributed by atoms with Crippen LogP contribution in [0.3, 0.4) is 0 Å². The number of methoxy groups -OCH3 is 4. The second-order valence-corrected chi connectivity index (χ2v) is 5.34. The van der Waals surface area contributed by atoms with Crippen molar-refractivity contribution in [1.29, 1.82) is 0 Å². The molecule has 0 bridgehead atoms. The second kappa shape index (κ2) is 9.26. The predicted octanol–water partition coefficient (Wildman–Crippen LogP) is 2.18. The van der Waals surface area contributed by atoms with Crippen molar-refractivity contribution in [2.45, 2.75) is 0 Å². The van der Waals surface area contributed by atoms with Gasteiger partial charge in [-0.05, 0) is 30.3 Å². The summed E-state index contributed by atoms with van der Waals surface area (Å²) in [5.74, 6) is -0.513.